The van der Waals surface area contributed by atoms with Gasteiger partial charge in [0.25, 0.3) is 0 Å². The second-order valence-electron chi connectivity index (χ2n) is 10.1. The Labute approximate surface area is 236 Å². The molecule has 0 spiro atoms. The van der Waals surface area contributed by atoms with E-state index in [-0.39, 0.29) is 0 Å². The van der Waals surface area contributed by atoms with E-state index in [2.05, 4.69) is 82.6 Å². The molecule has 4 nitrogen and oxygen atoms in total. The van der Waals surface area contributed by atoms with Crippen LogP contribution in [0, 0.1) is 6.57 Å². The van der Waals surface area contributed by atoms with Gasteiger partial charge in [0.1, 0.15) is 11.2 Å². The normalized spacial score (nSPS) is 11.4. The first kappa shape index (κ1) is 23.1. The van der Waals surface area contributed by atoms with Gasteiger partial charge in [-0.15, -0.1) is 0 Å². The van der Waals surface area contributed by atoms with Crippen LogP contribution in [-0.4, -0.2) is 9.97 Å². The highest BCUT2D eigenvalue weighted by atomic mass is 16.3. The summed E-state index contributed by atoms with van der Waals surface area (Å²) < 4.78 is 6.29. The lowest BCUT2D eigenvalue weighted by Gasteiger charge is -2.08. The highest BCUT2D eigenvalue weighted by Crippen LogP contribution is 2.39. The number of hydrogen-bond donors (Lipinski definition) is 0. The summed E-state index contributed by atoms with van der Waals surface area (Å²) in [5.41, 5.74) is 10.4. The molecule has 3 aromatic heterocycles. The van der Waals surface area contributed by atoms with Crippen LogP contribution in [0.3, 0.4) is 0 Å². The number of rotatable bonds is 3. The molecule has 8 rings (SSSR count). The fraction of sp³-hybridized carbons (Fsp3) is 0. The summed E-state index contributed by atoms with van der Waals surface area (Å²) >= 11 is 0. The molecule has 5 aromatic carbocycles. The number of benzene rings is 5. The van der Waals surface area contributed by atoms with E-state index >= 15 is 0 Å². The van der Waals surface area contributed by atoms with Gasteiger partial charge in [-0.2, -0.15) is 0 Å². The second kappa shape index (κ2) is 9.15. The Bertz CT molecular complexity index is 2330. The third kappa shape index (κ3) is 3.83. The van der Waals surface area contributed by atoms with Gasteiger partial charge >= 0.3 is 0 Å². The Balaban J connectivity index is 1.26. The van der Waals surface area contributed by atoms with Crippen molar-refractivity contribution in [2.45, 2.75) is 0 Å². The molecule has 0 amide bonds. The van der Waals surface area contributed by atoms with Gasteiger partial charge in [-0.05, 0) is 64.7 Å². The van der Waals surface area contributed by atoms with Crippen molar-refractivity contribution in [2.24, 2.45) is 0 Å². The smallest absolute Gasteiger partial charge is 0.187 e. The minimum atomic E-state index is 0.641. The Hall–Kier alpha value is -5.79. The maximum Gasteiger partial charge on any atom is 0.187 e. The summed E-state index contributed by atoms with van der Waals surface area (Å²) in [6.45, 7) is 7.32. The van der Waals surface area contributed by atoms with Crippen LogP contribution in [0.4, 0.5) is 5.69 Å². The zero-order valence-corrected chi connectivity index (χ0v) is 21.9. The van der Waals surface area contributed by atoms with Crippen molar-refractivity contribution in [1.29, 1.82) is 0 Å². The standard InChI is InChI=1S/C37H21N3O/c1-38-29-7-2-5-27(21-29)23-10-12-24(13-11-23)30-8-3-9-34-35(30)31-22-28(17-19-33(31)41-34)32-18-16-26-15-14-25-6-4-20-39-36(25)37(26)40-32/h2-22H. The van der Waals surface area contributed by atoms with Gasteiger partial charge in [0.05, 0.1) is 23.3 Å². The molecule has 0 aliphatic heterocycles. The van der Waals surface area contributed by atoms with Gasteiger partial charge in [0.2, 0.25) is 0 Å². The third-order valence-electron chi connectivity index (χ3n) is 7.73. The fourth-order valence-electron chi connectivity index (χ4n) is 5.71. The predicted octanol–water partition coefficient (Wildman–Crippen LogP) is 10.2. The zero-order valence-electron chi connectivity index (χ0n) is 21.9. The Kier molecular flexibility index (Phi) is 5.16. The van der Waals surface area contributed by atoms with Gasteiger partial charge in [0.15, 0.2) is 5.69 Å². The largest absolute Gasteiger partial charge is 0.456 e. The Morgan fingerprint density at radius 2 is 1.37 bits per heavy atom. The molecule has 4 heteroatoms. The molecular formula is C37H21N3O. The molecule has 0 saturated heterocycles. The van der Waals surface area contributed by atoms with Crippen molar-refractivity contribution in [3.8, 4) is 33.5 Å². The molecule has 0 aliphatic carbocycles. The van der Waals surface area contributed by atoms with Crippen LogP contribution in [0.15, 0.2) is 132 Å². The molecule has 0 N–H and O–H groups in total. The first-order chi connectivity index (χ1) is 20.2. The summed E-state index contributed by atoms with van der Waals surface area (Å²) in [6.07, 6.45) is 1.82. The molecule has 0 atom stereocenters. The van der Waals surface area contributed by atoms with E-state index in [0.29, 0.717) is 5.69 Å². The average molecular weight is 524 g/mol. The van der Waals surface area contributed by atoms with E-state index in [9.17, 15) is 0 Å². The summed E-state index contributed by atoms with van der Waals surface area (Å²) in [6, 6.07) is 41.1. The lowest BCUT2D eigenvalue weighted by Crippen LogP contribution is -1.88. The number of nitrogens with zero attached hydrogens (tertiary/aromatic N) is 3. The number of aromatic nitrogens is 2. The number of pyridine rings is 2. The Morgan fingerprint density at radius 1 is 0.585 bits per heavy atom. The van der Waals surface area contributed by atoms with E-state index in [1.807, 2.05) is 54.7 Å². The zero-order chi connectivity index (χ0) is 27.3. The molecule has 0 aliphatic rings. The first-order valence-electron chi connectivity index (χ1n) is 13.4. The third-order valence-corrected chi connectivity index (χ3v) is 7.73. The van der Waals surface area contributed by atoms with Crippen LogP contribution >= 0.6 is 0 Å². The molecule has 190 valence electrons. The summed E-state index contributed by atoms with van der Waals surface area (Å²) in [4.78, 5) is 13.2. The van der Waals surface area contributed by atoms with E-state index in [0.717, 1.165) is 77.3 Å². The molecule has 0 bridgehead atoms. The summed E-state index contributed by atoms with van der Waals surface area (Å²) in [7, 11) is 0. The van der Waals surface area contributed by atoms with E-state index in [1.165, 1.54) is 0 Å². The average Bonchev–Trinajstić information content (AvgIpc) is 3.43. The van der Waals surface area contributed by atoms with Crippen molar-refractivity contribution in [1.82, 2.24) is 9.97 Å². The lowest BCUT2D eigenvalue weighted by molar-refractivity contribution is 0.669. The monoisotopic (exact) mass is 523 g/mol. The van der Waals surface area contributed by atoms with Crippen molar-refractivity contribution in [3.05, 3.63) is 139 Å². The van der Waals surface area contributed by atoms with Crippen LogP contribution < -0.4 is 0 Å². The van der Waals surface area contributed by atoms with E-state index in [1.54, 1.807) is 0 Å². The van der Waals surface area contributed by atoms with Gasteiger partial charge in [-0.3, -0.25) is 4.98 Å². The van der Waals surface area contributed by atoms with Gasteiger partial charge in [0, 0.05) is 33.3 Å². The molecule has 0 unspecified atom stereocenters. The predicted molar refractivity (Wildman–Crippen MR) is 167 cm³/mol. The minimum Gasteiger partial charge on any atom is -0.456 e. The molecule has 0 saturated carbocycles. The van der Waals surface area contributed by atoms with Crippen molar-refractivity contribution < 1.29 is 4.42 Å². The molecule has 3 heterocycles. The highest BCUT2D eigenvalue weighted by molar-refractivity contribution is 6.13. The molecule has 0 radical (unpaired) electrons. The van der Waals surface area contributed by atoms with Crippen LogP contribution in [0.1, 0.15) is 0 Å². The SMILES string of the molecule is [C-]#[N+]c1cccc(-c2ccc(-c3cccc4oc5ccc(-c6ccc7ccc8cccnc8c7n6)cc5c34)cc2)c1. The maximum absolute atomic E-state index is 7.32. The van der Waals surface area contributed by atoms with Crippen LogP contribution in [-0.2, 0) is 0 Å². The maximum atomic E-state index is 7.32. The highest BCUT2D eigenvalue weighted by Gasteiger charge is 2.15. The van der Waals surface area contributed by atoms with Gasteiger partial charge in [-0.1, -0.05) is 78.9 Å². The van der Waals surface area contributed by atoms with Crippen LogP contribution in [0.25, 0.3) is 82.1 Å². The van der Waals surface area contributed by atoms with Gasteiger partial charge in [-0.25, -0.2) is 9.83 Å². The minimum absolute atomic E-state index is 0.641. The topological polar surface area (TPSA) is 43.3 Å². The van der Waals surface area contributed by atoms with Crippen LogP contribution in [0.5, 0.6) is 0 Å². The van der Waals surface area contributed by atoms with Crippen molar-refractivity contribution in [2.75, 3.05) is 0 Å². The molecule has 41 heavy (non-hydrogen) atoms. The molecular weight excluding hydrogens is 502 g/mol. The van der Waals surface area contributed by atoms with Crippen molar-refractivity contribution >= 4 is 49.4 Å². The fourth-order valence-corrected chi connectivity index (χ4v) is 5.71. The summed E-state index contributed by atoms with van der Waals surface area (Å²) in [5.74, 6) is 0. The quantitative estimate of drug-likeness (QED) is 0.171. The molecule has 8 aromatic rings. The number of furan rings is 1. The van der Waals surface area contributed by atoms with E-state index < -0.39 is 0 Å². The van der Waals surface area contributed by atoms with Crippen LogP contribution in [0.2, 0.25) is 0 Å². The summed E-state index contributed by atoms with van der Waals surface area (Å²) in [5, 5.41) is 4.29. The second-order valence-corrected chi connectivity index (χ2v) is 10.1. The number of fused-ring (bicyclic) bond motifs is 6. The number of hydrogen-bond acceptors (Lipinski definition) is 3. The van der Waals surface area contributed by atoms with Gasteiger partial charge < -0.3 is 4.42 Å². The Morgan fingerprint density at radius 3 is 2.24 bits per heavy atom. The first-order valence-corrected chi connectivity index (χ1v) is 13.4. The van der Waals surface area contributed by atoms with E-state index in [4.69, 9.17) is 16.0 Å². The van der Waals surface area contributed by atoms with Crippen molar-refractivity contribution in [3.63, 3.8) is 0 Å². The lowest BCUT2D eigenvalue weighted by atomic mass is 9.96. The molecule has 0 fully saturated rings.